The van der Waals surface area contributed by atoms with Gasteiger partial charge in [-0.15, -0.1) is 0 Å². The number of oxazole rings is 2. The van der Waals surface area contributed by atoms with E-state index in [0.717, 1.165) is 39.4 Å². The molecule has 0 radical (unpaired) electrons. The van der Waals surface area contributed by atoms with E-state index in [0.29, 0.717) is 37.0 Å². The molecule has 0 fully saturated rings. The van der Waals surface area contributed by atoms with Crippen molar-refractivity contribution in [2.45, 2.75) is 59.7 Å². The van der Waals surface area contributed by atoms with E-state index in [1.54, 1.807) is 20.1 Å². The number of nitrogens with zero attached hydrogens (tertiary/aromatic N) is 2. The Morgan fingerprint density at radius 3 is 2.42 bits per heavy atom. The standard InChI is InChI=1S/C28H31N3O5/c1-17-11-20(12-18(2)25(17)36-28(4,5)27(32)33)14-29-15-24-30-22(16-34-24)13-23-19(3)35-26(31-23)21-9-7-6-8-10-21/h6-12,16,29H,13-15H2,1-5H3,(H,32,33). The van der Waals surface area contributed by atoms with E-state index < -0.39 is 11.6 Å². The predicted molar refractivity (Wildman–Crippen MR) is 135 cm³/mol. The minimum Gasteiger partial charge on any atom is -0.478 e. The van der Waals surface area contributed by atoms with E-state index >= 15 is 0 Å². The number of carboxylic acids is 1. The van der Waals surface area contributed by atoms with Gasteiger partial charge in [0.05, 0.1) is 17.9 Å². The number of carboxylic acid groups (broad SMARTS) is 1. The zero-order valence-corrected chi connectivity index (χ0v) is 21.2. The number of hydrogen-bond acceptors (Lipinski definition) is 7. The largest absolute Gasteiger partial charge is 0.478 e. The summed E-state index contributed by atoms with van der Waals surface area (Å²) in [6.07, 6.45) is 2.18. The highest BCUT2D eigenvalue weighted by Crippen LogP contribution is 2.29. The monoisotopic (exact) mass is 489 g/mol. The fourth-order valence-electron chi connectivity index (χ4n) is 3.89. The van der Waals surface area contributed by atoms with Crippen molar-refractivity contribution >= 4 is 5.97 Å². The maximum absolute atomic E-state index is 11.4. The number of nitrogens with one attached hydrogen (secondary N) is 1. The summed E-state index contributed by atoms with van der Waals surface area (Å²) in [7, 11) is 0. The Balaban J connectivity index is 1.34. The van der Waals surface area contributed by atoms with Crippen molar-refractivity contribution < 1.29 is 23.5 Å². The third-order valence-corrected chi connectivity index (χ3v) is 5.86. The van der Waals surface area contributed by atoms with Crippen molar-refractivity contribution in [3.05, 3.63) is 88.5 Å². The molecule has 8 heteroatoms. The van der Waals surface area contributed by atoms with E-state index in [-0.39, 0.29) is 0 Å². The van der Waals surface area contributed by atoms with Gasteiger partial charge in [-0.3, -0.25) is 0 Å². The molecule has 0 saturated heterocycles. The molecule has 0 spiro atoms. The van der Waals surface area contributed by atoms with Crippen LogP contribution in [0.3, 0.4) is 0 Å². The van der Waals surface area contributed by atoms with Gasteiger partial charge in [0.2, 0.25) is 11.8 Å². The van der Waals surface area contributed by atoms with Crippen molar-refractivity contribution in [1.82, 2.24) is 15.3 Å². The minimum absolute atomic E-state index is 0.468. The van der Waals surface area contributed by atoms with Crippen LogP contribution in [0, 0.1) is 20.8 Å². The van der Waals surface area contributed by atoms with Crippen LogP contribution in [-0.2, 0) is 24.3 Å². The summed E-state index contributed by atoms with van der Waals surface area (Å²) >= 11 is 0. The highest BCUT2D eigenvalue weighted by atomic mass is 16.5. The molecule has 188 valence electrons. The Labute approximate surface area is 210 Å². The number of ether oxygens (including phenoxy) is 1. The molecule has 0 amide bonds. The van der Waals surface area contributed by atoms with Crippen molar-refractivity contribution in [1.29, 1.82) is 0 Å². The maximum atomic E-state index is 11.4. The van der Waals surface area contributed by atoms with Crippen molar-refractivity contribution in [3.8, 4) is 17.2 Å². The smallest absolute Gasteiger partial charge is 0.347 e. The Morgan fingerprint density at radius 1 is 1.06 bits per heavy atom. The highest BCUT2D eigenvalue weighted by molar-refractivity contribution is 5.77. The van der Waals surface area contributed by atoms with Crippen LogP contribution in [0.25, 0.3) is 11.5 Å². The van der Waals surface area contributed by atoms with Crippen molar-refractivity contribution in [2.24, 2.45) is 0 Å². The SMILES string of the molecule is Cc1cc(CNCc2nc(Cc3nc(-c4ccccc4)oc3C)co2)cc(C)c1OC(C)(C)C(=O)O. The first kappa shape index (κ1) is 25.2. The molecular weight excluding hydrogens is 458 g/mol. The normalized spacial score (nSPS) is 11.6. The molecule has 0 saturated carbocycles. The first-order chi connectivity index (χ1) is 17.1. The molecule has 2 aromatic heterocycles. The molecule has 2 aromatic carbocycles. The topological polar surface area (TPSA) is 111 Å². The predicted octanol–water partition coefficient (Wildman–Crippen LogP) is 5.38. The van der Waals surface area contributed by atoms with Crippen molar-refractivity contribution in [3.63, 3.8) is 0 Å². The summed E-state index contributed by atoms with van der Waals surface area (Å²) in [5.41, 5.74) is 4.09. The third kappa shape index (κ3) is 5.83. The van der Waals surface area contributed by atoms with Crippen LogP contribution >= 0.6 is 0 Å². The number of aliphatic carboxylic acids is 1. The molecule has 4 aromatic rings. The second kappa shape index (κ2) is 10.4. The van der Waals surface area contributed by atoms with E-state index in [9.17, 15) is 9.90 Å². The van der Waals surface area contributed by atoms with Gasteiger partial charge in [0, 0.05) is 18.5 Å². The molecule has 2 N–H and O–H groups in total. The highest BCUT2D eigenvalue weighted by Gasteiger charge is 2.30. The number of benzene rings is 2. The first-order valence-corrected chi connectivity index (χ1v) is 11.8. The molecule has 2 heterocycles. The number of aryl methyl sites for hydroxylation is 3. The Kier molecular flexibility index (Phi) is 7.26. The lowest BCUT2D eigenvalue weighted by Crippen LogP contribution is -2.38. The third-order valence-electron chi connectivity index (χ3n) is 5.86. The molecule has 0 aliphatic heterocycles. The summed E-state index contributed by atoms with van der Waals surface area (Å²) in [5, 5.41) is 12.7. The molecule has 36 heavy (non-hydrogen) atoms. The van der Waals surface area contributed by atoms with Crippen molar-refractivity contribution in [2.75, 3.05) is 0 Å². The number of hydrogen-bond donors (Lipinski definition) is 2. The number of carbonyl (C=O) groups is 1. The van der Waals surface area contributed by atoms with Crippen LogP contribution < -0.4 is 10.1 Å². The molecule has 0 atom stereocenters. The Morgan fingerprint density at radius 2 is 1.75 bits per heavy atom. The van der Waals surface area contributed by atoms with Gasteiger partial charge in [0.15, 0.2) is 5.60 Å². The van der Waals surface area contributed by atoms with Gasteiger partial charge in [-0.25, -0.2) is 14.8 Å². The second-order valence-corrected chi connectivity index (χ2v) is 9.38. The van der Waals surface area contributed by atoms with E-state index in [1.807, 2.05) is 63.2 Å². The molecule has 4 rings (SSSR count). The summed E-state index contributed by atoms with van der Waals surface area (Å²) < 4.78 is 17.3. The fourth-order valence-corrected chi connectivity index (χ4v) is 3.89. The van der Waals surface area contributed by atoms with Crippen LogP contribution in [0.4, 0.5) is 0 Å². The van der Waals surface area contributed by atoms with Gasteiger partial charge in [-0.2, -0.15) is 0 Å². The van der Waals surface area contributed by atoms with Crippen LogP contribution in [-0.4, -0.2) is 26.6 Å². The Hall–Kier alpha value is -3.91. The van der Waals surface area contributed by atoms with Crippen LogP contribution in [0.1, 0.15) is 53.6 Å². The lowest BCUT2D eigenvalue weighted by Gasteiger charge is -2.24. The van der Waals surface area contributed by atoms with Crippen LogP contribution in [0.5, 0.6) is 5.75 Å². The average molecular weight is 490 g/mol. The number of rotatable bonds is 10. The zero-order valence-electron chi connectivity index (χ0n) is 21.2. The van der Waals surface area contributed by atoms with Gasteiger partial charge in [0.25, 0.3) is 0 Å². The molecular formula is C28H31N3O5. The molecule has 0 aliphatic rings. The summed E-state index contributed by atoms with van der Waals surface area (Å²) in [6, 6.07) is 13.8. The summed E-state index contributed by atoms with van der Waals surface area (Å²) in [5.74, 6) is 1.55. The van der Waals surface area contributed by atoms with E-state index in [1.165, 1.54) is 0 Å². The first-order valence-electron chi connectivity index (χ1n) is 11.8. The lowest BCUT2D eigenvalue weighted by atomic mass is 10.0. The minimum atomic E-state index is -1.30. The molecule has 0 unspecified atom stereocenters. The zero-order chi connectivity index (χ0) is 25.9. The Bertz CT molecular complexity index is 1330. The van der Waals surface area contributed by atoms with Gasteiger partial charge in [-0.1, -0.05) is 30.3 Å². The molecule has 0 aliphatic carbocycles. The van der Waals surface area contributed by atoms with Crippen LogP contribution in [0.15, 0.2) is 57.6 Å². The summed E-state index contributed by atoms with van der Waals surface area (Å²) in [6.45, 7) is 9.89. The summed E-state index contributed by atoms with van der Waals surface area (Å²) in [4.78, 5) is 20.6. The van der Waals surface area contributed by atoms with E-state index in [2.05, 4.69) is 15.3 Å². The number of aromatic nitrogens is 2. The molecule has 0 bridgehead atoms. The molecule has 8 nitrogen and oxygen atoms in total. The van der Waals surface area contributed by atoms with Gasteiger partial charge in [0.1, 0.15) is 17.8 Å². The van der Waals surface area contributed by atoms with Crippen LogP contribution in [0.2, 0.25) is 0 Å². The quantitative estimate of drug-likeness (QED) is 0.306. The lowest BCUT2D eigenvalue weighted by molar-refractivity contribution is -0.152. The van der Waals surface area contributed by atoms with E-state index in [4.69, 9.17) is 13.6 Å². The van der Waals surface area contributed by atoms with Gasteiger partial charge in [-0.05, 0) is 63.4 Å². The fraction of sp³-hybridized carbons (Fsp3) is 0.321. The van der Waals surface area contributed by atoms with Gasteiger partial charge >= 0.3 is 5.97 Å². The van der Waals surface area contributed by atoms with Gasteiger partial charge < -0.3 is 24.0 Å². The second-order valence-electron chi connectivity index (χ2n) is 9.38. The average Bonchev–Trinajstić information content (AvgIpc) is 3.43. The maximum Gasteiger partial charge on any atom is 0.347 e.